The zero-order chi connectivity index (χ0) is 30.0. The summed E-state index contributed by atoms with van der Waals surface area (Å²) in [5.41, 5.74) is 5.51. The second-order valence-corrected chi connectivity index (χ2v) is 11.9. The molecule has 0 spiro atoms. The molecule has 1 saturated heterocycles. The first-order valence-corrected chi connectivity index (χ1v) is 14.0. The van der Waals surface area contributed by atoms with Gasteiger partial charge in [-0.2, -0.15) is 0 Å². The normalized spacial score (nSPS) is 14.4. The molecule has 0 unspecified atom stereocenters. The number of pyridine rings is 1. The van der Waals surface area contributed by atoms with Crippen LogP contribution in [0.1, 0.15) is 69.6 Å². The van der Waals surface area contributed by atoms with Crippen molar-refractivity contribution in [1.29, 1.82) is 0 Å². The van der Waals surface area contributed by atoms with Gasteiger partial charge in [-0.25, -0.2) is 4.79 Å². The Morgan fingerprint density at radius 1 is 1.00 bits per heavy atom. The van der Waals surface area contributed by atoms with Crippen LogP contribution in [0.15, 0.2) is 54.7 Å². The second kappa shape index (κ2) is 11.8. The Labute approximate surface area is 246 Å². The maximum atomic E-state index is 13.4. The molecule has 42 heavy (non-hydrogen) atoms. The molecule has 2 N–H and O–H groups in total. The summed E-state index contributed by atoms with van der Waals surface area (Å²) in [6.45, 7) is 13.6. The summed E-state index contributed by atoms with van der Waals surface area (Å²) < 4.78 is 1.55. The quantitative estimate of drug-likeness (QED) is 0.346. The number of carbonyl (C=O) groups excluding carboxylic acids is 1. The molecule has 0 bridgehead atoms. The van der Waals surface area contributed by atoms with Gasteiger partial charge >= 0.3 is 5.97 Å². The first kappa shape index (κ1) is 29.0. The minimum absolute atomic E-state index is 0.0564. The number of carboxylic acid groups (broad SMARTS) is 1. The molecule has 0 saturated carbocycles. The van der Waals surface area contributed by atoms with E-state index in [1.165, 1.54) is 17.2 Å². The smallest absolute Gasteiger partial charge is 0.339 e. The third-order valence-corrected chi connectivity index (χ3v) is 7.64. The van der Waals surface area contributed by atoms with Gasteiger partial charge in [0.15, 0.2) is 5.65 Å². The van der Waals surface area contributed by atoms with Crippen molar-refractivity contribution < 1.29 is 14.7 Å². The summed E-state index contributed by atoms with van der Waals surface area (Å²) >= 11 is 0. The number of anilines is 1. The average Bonchev–Trinajstić information content (AvgIpc) is 3.37. The van der Waals surface area contributed by atoms with Crippen LogP contribution in [-0.2, 0) is 12.0 Å². The van der Waals surface area contributed by atoms with Crippen molar-refractivity contribution in [1.82, 2.24) is 24.4 Å². The van der Waals surface area contributed by atoms with Gasteiger partial charge in [-0.3, -0.25) is 14.1 Å². The number of fused-ring (bicyclic) bond motifs is 1. The van der Waals surface area contributed by atoms with Gasteiger partial charge in [-0.15, -0.1) is 10.2 Å². The summed E-state index contributed by atoms with van der Waals surface area (Å²) in [5, 5.41) is 20.5. The lowest BCUT2D eigenvalue weighted by atomic mass is 9.82. The van der Waals surface area contributed by atoms with Crippen molar-refractivity contribution in [2.45, 2.75) is 39.7 Å². The van der Waals surface area contributed by atoms with E-state index in [0.29, 0.717) is 17.1 Å². The van der Waals surface area contributed by atoms with Crippen LogP contribution >= 0.6 is 0 Å². The maximum Gasteiger partial charge on any atom is 0.339 e. The average molecular weight is 565 g/mol. The van der Waals surface area contributed by atoms with E-state index in [0.717, 1.165) is 43.9 Å². The number of nitrogens with one attached hydrogen (secondary N) is 1. The maximum absolute atomic E-state index is 13.4. The van der Waals surface area contributed by atoms with Crippen molar-refractivity contribution in [3.05, 3.63) is 93.9 Å². The molecule has 1 aliphatic rings. The molecule has 9 heteroatoms. The third-order valence-electron chi connectivity index (χ3n) is 7.64. The Morgan fingerprint density at radius 3 is 2.48 bits per heavy atom. The van der Waals surface area contributed by atoms with Gasteiger partial charge in [0.25, 0.3) is 5.91 Å². The van der Waals surface area contributed by atoms with E-state index in [1.54, 1.807) is 16.7 Å². The van der Waals surface area contributed by atoms with Crippen molar-refractivity contribution in [2.75, 3.05) is 38.5 Å². The highest BCUT2D eigenvalue weighted by Gasteiger charge is 2.23. The number of hydrogen-bond donors (Lipinski definition) is 2. The highest BCUT2D eigenvalue weighted by Crippen LogP contribution is 2.29. The van der Waals surface area contributed by atoms with E-state index in [1.807, 2.05) is 37.3 Å². The molecule has 0 aliphatic carbocycles. The minimum atomic E-state index is -1.08. The molecular weight excluding hydrogens is 528 g/mol. The largest absolute Gasteiger partial charge is 0.478 e. The van der Waals surface area contributed by atoms with E-state index < -0.39 is 5.97 Å². The van der Waals surface area contributed by atoms with Gasteiger partial charge in [0, 0.05) is 55.7 Å². The fourth-order valence-electron chi connectivity index (χ4n) is 5.13. The van der Waals surface area contributed by atoms with Crippen LogP contribution in [0.4, 0.5) is 5.69 Å². The Balaban J connectivity index is 1.36. The summed E-state index contributed by atoms with van der Waals surface area (Å²) in [7, 11) is 2.16. The molecule has 5 rings (SSSR count). The van der Waals surface area contributed by atoms with Crippen LogP contribution < -0.4 is 5.32 Å². The van der Waals surface area contributed by atoms with E-state index >= 15 is 0 Å². The van der Waals surface area contributed by atoms with Crippen LogP contribution in [0.2, 0.25) is 0 Å². The standard InChI is InChI=1S/C33H36N6O3/c1-22-8-12-26(19-23(22)11-13-29-35-36-30-27(32(41)42)7-6-14-39(29)30)34-31(40)24-9-10-25(28(20-24)33(2,3)4)21-38-17-15-37(5)16-18-38/h6-10,12,14,19-20H,15-18,21H2,1-5H3,(H,34,40)(H,41,42). The van der Waals surface area contributed by atoms with Gasteiger partial charge in [0.05, 0.1) is 0 Å². The number of carbonyl (C=O) groups is 2. The molecule has 9 nitrogen and oxygen atoms in total. The Bertz CT molecular complexity index is 1720. The molecule has 216 valence electrons. The molecule has 1 aliphatic heterocycles. The number of carboxylic acids is 1. The van der Waals surface area contributed by atoms with Crippen LogP contribution in [0, 0.1) is 18.8 Å². The van der Waals surface area contributed by atoms with Gasteiger partial charge in [-0.1, -0.05) is 38.8 Å². The SMILES string of the molecule is Cc1ccc(NC(=O)c2ccc(CN3CCN(C)CC3)c(C(C)(C)C)c2)cc1C#Cc1nnc2c(C(=O)O)cccn12. The third kappa shape index (κ3) is 6.35. The lowest BCUT2D eigenvalue weighted by molar-refractivity contribution is 0.0698. The van der Waals surface area contributed by atoms with Crippen molar-refractivity contribution >= 4 is 23.2 Å². The summed E-state index contributed by atoms with van der Waals surface area (Å²) in [4.78, 5) is 29.7. The number of likely N-dealkylation sites (N-methyl/N-ethyl adjacent to an activating group) is 1. The van der Waals surface area contributed by atoms with Crippen molar-refractivity contribution in [2.24, 2.45) is 0 Å². The topological polar surface area (TPSA) is 103 Å². The molecule has 1 amide bonds. The zero-order valence-corrected chi connectivity index (χ0v) is 24.7. The number of amides is 1. The first-order chi connectivity index (χ1) is 20.0. The van der Waals surface area contributed by atoms with E-state index in [4.69, 9.17) is 0 Å². The zero-order valence-electron chi connectivity index (χ0n) is 24.7. The fraction of sp³-hybridized carbons (Fsp3) is 0.333. The number of nitrogens with zero attached hydrogens (tertiary/aromatic N) is 5. The lowest BCUT2D eigenvalue weighted by Crippen LogP contribution is -2.44. The van der Waals surface area contributed by atoms with Gasteiger partial charge in [0.2, 0.25) is 5.82 Å². The number of aromatic nitrogens is 3. The number of rotatable bonds is 5. The van der Waals surface area contributed by atoms with E-state index in [2.05, 4.69) is 71.0 Å². The molecule has 4 aromatic rings. The lowest BCUT2D eigenvalue weighted by Gasteiger charge is -2.34. The first-order valence-electron chi connectivity index (χ1n) is 14.0. The van der Waals surface area contributed by atoms with E-state index in [-0.39, 0.29) is 22.5 Å². The van der Waals surface area contributed by atoms with Gasteiger partial charge in [-0.05, 0) is 78.4 Å². The molecule has 3 heterocycles. The Hall–Kier alpha value is -4.52. The minimum Gasteiger partial charge on any atom is -0.478 e. The fourth-order valence-corrected chi connectivity index (χ4v) is 5.13. The molecule has 2 aromatic heterocycles. The Kier molecular flexibility index (Phi) is 8.12. The molecular formula is C33H36N6O3. The monoisotopic (exact) mass is 564 g/mol. The van der Waals surface area contributed by atoms with Crippen LogP contribution in [-0.4, -0.2) is 74.6 Å². The van der Waals surface area contributed by atoms with Crippen LogP contribution in [0.3, 0.4) is 0 Å². The van der Waals surface area contributed by atoms with Crippen molar-refractivity contribution in [3.8, 4) is 11.8 Å². The highest BCUT2D eigenvalue weighted by atomic mass is 16.4. The molecule has 0 atom stereocenters. The van der Waals surface area contributed by atoms with Crippen molar-refractivity contribution in [3.63, 3.8) is 0 Å². The molecule has 0 radical (unpaired) electrons. The highest BCUT2D eigenvalue weighted by molar-refractivity contribution is 6.04. The summed E-state index contributed by atoms with van der Waals surface area (Å²) in [6, 6.07) is 14.7. The number of hydrogen-bond acceptors (Lipinski definition) is 6. The summed E-state index contributed by atoms with van der Waals surface area (Å²) in [5.74, 6) is 5.17. The Morgan fingerprint density at radius 2 is 1.76 bits per heavy atom. The molecule has 2 aromatic carbocycles. The number of piperazine rings is 1. The van der Waals surface area contributed by atoms with E-state index in [9.17, 15) is 14.7 Å². The van der Waals surface area contributed by atoms with Gasteiger partial charge < -0.3 is 15.3 Å². The summed E-state index contributed by atoms with van der Waals surface area (Å²) in [6.07, 6.45) is 1.68. The number of aromatic carboxylic acids is 1. The van der Waals surface area contributed by atoms with Crippen LogP contribution in [0.25, 0.3) is 5.65 Å². The predicted octanol–water partition coefficient (Wildman–Crippen LogP) is 4.43. The number of benzene rings is 2. The van der Waals surface area contributed by atoms with Gasteiger partial charge in [0.1, 0.15) is 5.56 Å². The van der Waals surface area contributed by atoms with Crippen LogP contribution in [0.5, 0.6) is 0 Å². The predicted molar refractivity (Wildman–Crippen MR) is 163 cm³/mol. The number of aryl methyl sites for hydroxylation is 1. The second-order valence-electron chi connectivity index (χ2n) is 11.9. The molecule has 1 fully saturated rings.